The van der Waals surface area contributed by atoms with Crippen LogP contribution >= 0.6 is 22.7 Å². The van der Waals surface area contributed by atoms with Gasteiger partial charge in [0.1, 0.15) is 26.8 Å². The number of aliphatic hydroxyl groups is 2. The summed E-state index contributed by atoms with van der Waals surface area (Å²) in [4.78, 5) is 32.8. The van der Waals surface area contributed by atoms with Gasteiger partial charge in [-0.05, 0) is 44.0 Å². The Morgan fingerprint density at radius 1 is 1.13 bits per heavy atom. The van der Waals surface area contributed by atoms with Gasteiger partial charge in [0.25, 0.3) is 5.91 Å². The Morgan fingerprint density at radius 2 is 1.79 bits per heavy atom. The van der Waals surface area contributed by atoms with Crippen molar-refractivity contribution in [2.24, 2.45) is 0 Å². The van der Waals surface area contributed by atoms with Crippen molar-refractivity contribution in [3.05, 3.63) is 57.7 Å². The fraction of sp³-hybridized carbons (Fsp3) is 0.417. The number of nitrogens with zero attached hydrogens (tertiary/aromatic N) is 2. The van der Waals surface area contributed by atoms with E-state index in [4.69, 9.17) is 5.11 Å². The Morgan fingerprint density at radius 3 is 2.34 bits per heavy atom. The van der Waals surface area contributed by atoms with E-state index in [0.717, 1.165) is 29.1 Å². The summed E-state index contributed by atoms with van der Waals surface area (Å²) in [6.07, 6.45) is -4.22. The molecule has 0 saturated heterocycles. The second kappa shape index (κ2) is 14.9. The third-order valence-electron chi connectivity index (χ3n) is 4.99. The van der Waals surface area contributed by atoms with E-state index < -0.39 is 55.3 Å². The first kappa shape index (κ1) is 31.3. The van der Waals surface area contributed by atoms with Crippen molar-refractivity contribution in [1.82, 2.24) is 20.6 Å². The highest BCUT2D eigenvalue weighted by Crippen LogP contribution is 2.28. The van der Waals surface area contributed by atoms with Crippen LogP contribution in [0, 0.1) is 5.82 Å². The highest BCUT2D eigenvalue weighted by molar-refractivity contribution is 7.16. The minimum atomic E-state index is -4.46. The van der Waals surface area contributed by atoms with Crippen molar-refractivity contribution in [2.75, 3.05) is 6.54 Å². The number of amides is 2. The van der Waals surface area contributed by atoms with Gasteiger partial charge in [0.15, 0.2) is 0 Å². The van der Waals surface area contributed by atoms with Crippen LogP contribution in [0.2, 0.25) is 0 Å². The maximum absolute atomic E-state index is 13.0. The largest absolute Gasteiger partial charge is 0.393 e. The summed E-state index contributed by atoms with van der Waals surface area (Å²) in [5.41, 5.74) is 0.613. The minimum Gasteiger partial charge on any atom is -0.393 e. The molecule has 3 atom stereocenters. The molecule has 3 rings (SSSR count). The Hall–Kier alpha value is -2.94. The average molecular weight is 577 g/mol. The van der Waals surface area contributed by atoms with Crippen LogP contribution in [0.25, 0.3) is 10.6 Å². The Labute approximate surface area is 224 Å². The normalized spacial score (nSPS) is 13.6. The average Bonchev–Trinajstić information content (AvgIpc) is 3.58. The summed E-state index contributed by atoms with van der Waals surface area (Å²) >= 11 is 2.08. The first-order chi connectivity index (χ1) is 17.9. The summed E-state index contributed by atoms with van der Waals surface area (Å²) in [6.45, 7) is 3.21. The highest BCUT2D eigenvalue weighted by Gasteiger charge is 2.32. The number of alkyl halides is 3. The van der Waals surface area contributed by atoms with Crippen molar-refractivity contribution < 1.29 is 37.4 Å². The third kappa shape index (κ3) is 10.8. The number of aliphatic hydroxyl groups excluding tert-OH is 2. The molecule has 1 aromatic carbocycles. The van der Waals surface area contributed by atoms with Crippen LogP contribution in [0.3, 0.4) is 0 Å². The molecule has 0 aliphatic heterocycles. The molecule has 2 amide bonds. The highest BCUT2D eigenvalue weighted by atomic mass is 32.1. The van der Waals surface area contributed by atoms with Gasteiger partial charge in [0.05, 0.1) is 24.9 Å². The number of rotatable bonds is 10. The Balaban J connectivity index is 0.000000926. The molecule has 0 aliphatic carbocycles. The lowest BCUT2D eigenvalue weighted by Gasteiger charge is -2.23. The summed E-state index contributed by atoms with van der Waals surface area (Å²) in [5.74, 6) is -1.79. The van der Waals surface area contributed by atoms with E-state index in [2.05, 4.69) is 20.6 Å². The lowest BCUT2D eigenvalue weighted by Crippen LogP contribution is -2.45. The van der Waals surface area contributed by atoms with E-state index >= 15 is 0 Å². The summed E-state index contributed by atoms with van der Waals surface area (Å²) in [7, 11) is 0. The van der Waals surface area contributed by atoms with Crippen LogP contribution in [0.5, 0.6) is 0 Å². The fourth-order valence-corrected chi connectivity index (χ4v) is 4.32. The number of hydrogen-bond donors (Lipinski definition) is 4. The quantitative estimate of drug-likeness (QED) is 0.264. The van der Waals surface area contributed by atoms with Gasteiger partial charge in [0, 0.05) is 23.6 Å². The molecule has 0 saturated carbocycles. The van der Waals surface area contributed by atoms with Crippen LogP contribution < -0.4 is 10.6 Å². The molecule has 208 valence electrons. The summed E-state index contributed by atoms with van der Waals surface area (Å²) in [5, 5.41) is 25.6. The van der Waals surface area contributed by atoms with Crippen LogP contribution in [-0.2, 0) is 4.79 Å². The van der Waals surface area contributed by atoms with Crippen LogP contribution in [0.15, 0.2) is 42.0 Å². The molecule has 38 heavy (non-hydrogen) atoms. The standard InChI is InChI=1S/C20H18F4N4O3S2.C4H10O/c21-12-3-1-11(2-4-12)18-27-9-14(33-18)17(31)26-10-15(29)28-13(5-6-20(22,23)24)16(30)19-25-7-8-32-19;1-3-4(2)5/h1-4,7-9,13,16,30H,5-6,10H2,(H,26,31)(H,28,29);4-5H,3H2,1-2H3. The topological polar surface area (TPSA) is 124 Å². The van der Waals surface area contributed by atoms with Gasteiger partial charge >= 0.3 is 6.18 Å². The number of nitrogens with one attached hydrogen (secondary N) is 2. The predicted octanol–water partition coefficient (Wildman–Crippen LogP) is 4.47. The number of thiazole rings is 2. The van der Waals surface area contributed by atoms with Gasteiger partial charge in [-0.1, -0.05) is 6.92 Å². The molecule has 0 radical (unpaired) electrons. The number of carbonyl (C=O) groups excluding carboxylic acids is 2. The van der Waals surface area contributed by atoms with E-state index in [9.17, 15) is 32.3 Å². The lowest BCUT2D eigenvalue weighted by atomic mass is 10.1. The Bertz CT molecular complexity index is 1140. The van der Waals surface area contributed by atoms with E-state index in [1.807, 2.05) is 6.92 Å². The molecule has 4 N–H and O–H groups in total. The van der Waals surface area contributed by atoms with Crippen LogP contribution in [-0.4, -0.2) is 56.9 Å². The second-order valence-electron chi connectivity index (χ2n) is 8.12. The molecule has 0 fully saturated rings. The molecule has 2 aromatic heterocycles. The van der Waals surface area contributed by atoms with Crippen molar-refractivity contribution in [3.63, 3.8) is 0 Å². The van der Waals surface area contributed by atoms with Gasteiger partial charge in [-0.25, -0.2) is 14.4 Å². The zero-order valence-corrected chi connectivity index (χ0v) is 22.2. The first-order valence-corrected chi connectivity index (χ1v) is 13.2. The van der Waals surface area contributed by atoms with Crippen LogP contribution in [0.1, 0.15) is 53.9 Å². The van der Waals surface area contributed by atoms with Crippen LogP contribution in [0.4, 0.5) is 17.6 Å². The molecule has 3 unspecified atom stereocenters. The van der Waals surface area contributed by atoms with Gasteiger partial charge < -0.3 is 20.8 Å². The molecular weight excluding hydrogens is 548 g/mol. The van der Waals surface area contributed by atoms with E-state index in [-0.39, 0.29) is 16.0 Å². The summed E-state index contributed by atoms with van der Waals surface area (Å²) < 4.78 is 51.0. The molecular formula is C24H28F4N4O4S2. The molecule has 3 aromatic rings. The summed E-state index contributed by atoms with van der Waals surface area (Å²) in [6, 6.07) is 4.30. The van der Waals surface area contributed by atoms with Gasteiger partial charge in [-0.15, -0.1) is 22.7 Å². The maximum Gasteiger partial charge on any atom is 0.389 e. The van der Waals surface area contributed by atoms with E-state index in [1.54, 1.807) is 12.3 Å². The van der Waals surface area contributed by atoms with E-state index in [1.165, 1.54) is 36.7 Å². The van der Waals surface area contributed by atoms with Crippen molar-refractivity contribution >= 4 is 34.5 Å². The monoisotopic (exact) mass is 576 g/mol. The number of aromatic nitrogens is 2. The molecule has 8 nitrogen and oxygen atoms in total. The number of carbonyl (C=O) groups is 2. The van der Waals surface area contributed by atoms with Gasteiger partial charge in [0.2, 0.25) is 5.91 Å². The molecule has 0 bridgehead atoms. The lowest BCUT2D eigenvalue weighted by molar-refractivity contribution is -0.139. The fourth-order valence-electron chi connectivity index (χ4n) is 2.79. The minimum absolute atomic E-state index is 0.116. The molecule has 14 heteroatoms. The number of hydrogen-bond acceptors (Lipinski definition) is 8. The predicted molar refractivity (Wildman–Crippen MR) is 136 cm³/mol. The number of benzene rings is 1. The zero-order valence-electron chi connectivity index (χ0n) is 20.5. The number of halogens is 4. The smallest absolute Gasteiger partial charge is 0.389 e. The van der Waals surface area contributed by atoms with E-state index in [0.29, 0.717) is 10.6 Å². The first-order valence-electron chi connectivity index (χ1n) is 11.5. The Kier molecular flexibility index (Phi) is 12.2. The SMILES string of the molecule is CCC(C)O.O=C(CNC(=O)c1cnc(-c2ccc(F)cc2)s1)NC(CCC(F)(F)F)C(O)c1nccs1. The maximum atomic E-state index is 13.0. The van der Waals surface area contributed by atoms with Crippen molar-refractivity contribution in [3.8, 4) is 10.6 Å². The van der Waals surface area contributed by atoms with Gasteiger partial charge in [-0.3, -0.25) is 9.59 Å². The van der Waals surface area contributed by atoms with Gasteiger partial charge in [-0.2, -0.15) is 13.2 Å². The zero-order chi connectivity index (χ0) is 28.3. The molecule has 2 heterocycles. The third-order valence-corrected chi connectivity index (χ3v) is 6.88. The second-order valence-corrected chi connectivity index (χ2v) is 10.1. The molecule has 0 spiro atoms. The van der Waals surface area contributed by atoms with Crippen molar-refractivity contribution in [2.45, 2.75) is 57.5 Å². The van der Waals surface area contributed by atoms with Crippen molar-refractivity contribution in [1.29, 1.82) is 0 Å². The molecule has 0 aliphatic rings.